The molecule has 1 aliphatic carbocycles. The van der Waals surface area contributed by atoms with E-state index in [1.54, 1.807) is 35.7 Å². The molecule has 0 radical (unpaired) electrons. The van der Waals surface area contributed by atoms with Crippen LogP contribution in [0.4, 0.5) is 5.00 Å². The molecule has 3 aromatic rings. The Morgan fingerprint density at radius 2 is 2.15 bits per heavy atom. The average Bonchev–Trinajstić information content (AvgIpc) is 3.22. The number of thiophene rings is 1. The van der Waals surface area contributed by atoms with Gasteiger partial charge >= 0.3 is 0 Å². The summed E-state index contributed by atoms with van der Waals surface area (Å²) in [6, 6.07) is 9.51. The summed E-state index contributed by atoms with van der Waals surface area (Å²) in [6.45, 7) is 0. The number of nitriles is 2. The monoisotopic (exact) mass is 380 g/mol. The zero-order chi connectivity index (χ0) is 18.1. The number of hydrogen-bond donors (Lipinski definition) is 1. The lowest BCUT2D eigenvalue weighted by Crippen LogP contribution is -1.99. The summed E-state index contributed by atoms with van der Waals surface area (Å²) in [5.74, 6) is 0.220. The molecule has 0 amide bonds. The summed E-state index contributed by atoms with van der Waals surface area (Å²) in [4.78, 5) is 5.58. The number of halogens is 1. The zero-order valence-electron chi connectivity index (χ0n) is 13.7. The molecule has 0 atom stereocenters. The van der Waals surface area contributed by atoms with Crippen LogP contribution in [0.1, 0.15) is 34.7 Å². The highest BCUT2D eigenvalue weighted by molar-refractivity contribution is 7.16. The van der Waals surface area contributed by atoms with Crippen LogP contribution in [0, 0.1) is 22.7 Å². The molecule has 0 unspecified atom stereocenters. The molecule has 0 fully saturated rings. The van der Waals surface area contributed by atoms with E-state index in [1.165, 1.54) is 4.88 Å². The molecule has 0 spiro atoms. The Labute approximate surface area is 159 Å². The van der Waals surface area contributed by atoms with Crippen molar-refractivity contribution in [3.63, 3.8) is 0 Å². The van der Waals surface area contributed by atoms with Crippen LogP contribution in [0.5, 0.6) is 0 Å². The molecular formula is C19H13ClN4OS. The van der Waals surface area contributed by atoms with Gasteiger partial charge in [0.1, 0.15) is 28.2 Å². The molecule has 1 aliphatic rings. The first-order chi connectivity index (χ1) is 12.7. The van der Waals surface area contributed by atoms with Crippen LogP contribution in [0.15, 0.2) is 28.8 Å². The molecule has 1 aromatic carbocycles. The van der Waals surface area contributed by atoms with Crippen molar-refractivity contribution < 1.29 is 4.42 Å². The number of oxazole rings is 1. The summed E-state index contributed by atoms with van der Waals surface area (Å²) in [5.41, 5.74) is 3.25. The van der Waals surface area contributed by atoms with Gasteiger partial charge < -0.3 is 9.73 Å². The first kappa shape index (κ1) is 16.7. The van der Waals surface area contributed by atoms with E-state index >= 15 is 0 Å². The minimum absolute atomic E-state index is 0.220. The fourth-order valence-corrected chi connectivity index (χ4v) is 4.46. The van der Waals surface area contributed by atoms with E-state index in [2.05, 4.69) is 22.4 Å². The van der Waals surface area contributed by atoms with Gasteiger partial charge in [-0.15, -0.1) is 11.3 Å². The number of nitrogens with zero attached hydrogens (tertiary/aromatic N) is 3. The van der Waals surface area contributed by atoms with Gasteiger partial charge in [-0.2, -0.15) is 10.5 Å². The van der Waals surface area contributed by atoms with Crippen LogP contribution >= 0.6 is 22.9 Å². The second-order valence-corrected chi connectivity index (χ2v) is 7.51. The maximum Gasteiger partial charge on any atom is 0.239 e. The number of hydrogen-bond acceptors (Lipinski definition) is 6. The molecule has 7 heteroatoms. The summed E-state index contributed by atoms with van der Waals surface area (Å²) < 4.78 is 5.64. The largest absolute Gasteiger partial charge is 0.435 e. The van der Waals surface area contributed by atoms with Gasteiger partial charge in [0, 0.05) is 16.1 Å². The van der Waals surface area contributed by atoms with Gasteiger partial charge in [-0.1, -0.05) is 11.6 Å². The summed E-state index contributed by atoms with van der Waals surface area (Å²) >= 11 is 7.55. The third-order valence-electron chi connectivity index (χ3n) is 4.33. The van der Waals surface area contributed by atoms with Crippen LogP contribution in [0.3, 0.4) is 0 Å². The standard InChI is InChI=1S/C19H13ClN4OS/c20-12-5-6-16-15(7-12)24-18(25-16)11(8-21)10-23-19-14(9-22)13-3-1-2-4-17(13)26-19/h5-7,10,23H,1-4H2. The Balaban J connectivity index is 1.67. The molecule has 5 nitrogen and oxygen atoms in total. The van der Waals surface area contributed by atoms with Gasteiger partial charge in [0.25, 0.3) is 0 Å². The minimum Gasteiger partial charge on any atom is -0.435 e. The molecule has 2 heterocycles. The Hall–Kier alpha value is -2.80. The Bertz CT molecular complexity index is 1110. The minimum atomic E-state index is 0.220. The number of rotatable bonds is 3. The second kappa shape index (κ2) is 6.84. The lowest BCUT2D eigenvalue weighted by Gasteiger charge is -2.09. The third kappa shape index (κ3) is 2.94. The number of allylic oxidation sites excluding steroid dienone is 1. The molecule has 1 N–H and O–H groups in total. The zero-order valence-corrected chi connectivity index (χ0v) is 15.2. The van der Waals surface area contributed by atoms with Gasteiger partial charge in [-0.05, 0) is 49.4 Å². The maximum atomic E-state index is 9.51. The van der Waals surface area contributed by atoms with E-state index in [1.807, 2.05) is 0 Å². The summed E-state index contributed by atoms with van der Waals surface area (Å²) in [6.07, 6.45) is 5.77. The molecule has 0 bridgehead atoms. The van der Waals surface area contributed by atoms with E-state index in [0.717, 1.165) is 36.2 Å². The van der Waals surface area contributed by atoms with Crippen molar-refractivity contribution in [1.82, 2.24) is 4.98 Å². The topological polar surface area (TPSA) is 85.6 Å². The van der Waals surface area contributed by atoms with E-state index in [9.17, 15) is 10.5 Å². The van der Waals surface area contributed by atoms with E-state index < -0.39 is 0 Å². The van der Waals surface area contributed by atoms with Crippen LogP contribution in [-0.4, -0.2) is 4.98 Å². The van der Waals surface area contributed by atoms with E-state index in [-0.39, 0.29) is 11.5 Å². The fraction of sp³-hybridized carbons (Fsp3) is 0.211. The summed E-state index contributed by atoms with van der Waals surface area (Å²) in [7, 11) is 0. The molecule has 128 valence electrons. The van der Waals surface area contributed by atoms with Crippen molar-refractivity contribution in [2.24, 2.45) is 0 Å². The molecular weight excluding hydrogens is 368 g/mol. The summed E-state index contributed by atoms with van der Waals surface area (Å²) in [5, 5.41) is 23.4. The van der Waals surface area contributed by atoms with E-state index in [0.29, 0.717) is 21.7 Å². The highest BCUT2D eigenvalue weighted by Crippen LogP contribution is 2.37. The quantitative estimate of drug-likeness (QED) is 0.625. The third-order valence-corrected chi connectivity index (χ3v) is 5.79. The van der Waals surface area contributed by atoms with Gasteiger partial charge in [-0.25, -0.2) is 4.98 Å². The number of nitrogens with one attached hydrogen (secondary N) is 1. The maximum absolute atomic E-state index is 9.51. The normalized spacial score (nSPS) is 13.9. The van der Waals surface area contributed by atoms with Crippen molar-refractivity contribution in [2.75, 3.05) is 5.32 Å². The molecule has 26 heavy (non-hydrogen) atoms. The highest BCUT2D eigenvalue weighted by Gasteiger charge is 2.20. The highest BCUT2D eigenvalue weighted by atomic mass is 35.5. The fourth-order valence-electron chi connectivity index (χ4n) is 3.08. The SMILES string of the molecule is N#CC(=CNc1sc2c(c1C#N)CCCC2)c1nc2cc(Cl)ccc2o1. The molecule has 2 aromatic heterocycles. The first-order valence-corrected chi connectivity index (χ1v) is 9.37. The van der Waals surface area contributed by atoms with Crippen molar-refractivity contribution >= 4 is 44.6 Å². The number of fused-ring (bicyclic) bond motifs is 2. The lowest BCUT2D eigenvalue weighted by molar-refractivity contribution is 0.586. The van der Waals surface area contributed by atoms with Crippen LogP contribution < -0.4 is 5.32 Å². The van der Waals surface area contributed by atoms with Gasteiger partial charge in [-0.3, -0.25) is 0 Å². The number of benzene rings is 1. The first-order valence-electron chi connectivity index (χ1n) is 8.17. The van der Waals surface area contributed by atoms with Gasteiger partial charge in [0.15, 0.2) is 5.58 Å². The van der Waals surface area contributed by atoms with Crippen LogP contribution in [0.25, 0.3) is 16.7 Å². The van der Waals surface area contributed by atoms with Gasteiger partial charge in [0.05, 0.1) is 5.56 Å². The molecule has 0 saturated heterocycles. The number of aromatic nitrogens is 1. The average molecular weight is 381 g/mol. The lowest BCUT2D eigenvalue weighted by atomic mass is 9.96. The van der Waals surface area contributed by atoms with Crippen molar-refractivity contribution in [2.45, 2.75) is 25.7 Å². The molecule has 4 rings (SSSR count). The predicted octanol–water partition coefficient (Wildman–Crippen LogP) is 5.27. The van der Waals surface area contributed by atoms with Crippen molar-refractivity contribution in [3.05, 3.63) is 51.3 Å². The van der Waals surface area contributed by atoms with Crippen molar-refractivity contribution in [1.29, 1.82) is 10.5 Å². The number of aryl methyl sites for hydroxylation is 1. The Morgan fingerprint density at radius 1 is 1.31 bits per heavy atom. The van der Waals surface area contributed by atoms with Crippen molar-refractivity contribution in [3.8, 4) is 12.1 Å². The Kier molecular flexibility index (Phi) is 4.38. The van der Waals surface area contributed by atoms with E-state index in [4.69, 9.17) is 16.0 Å². The van der Waals surface area contributed by atoms with Crippen LogP contribution in [0.2, 0.25) is 5.02 Å². The van der Waals surface area contributed by atoms with Gasteiger partial charge in [0.2, 0.25) is 5.89 Å². The van der Waals surface area contributed by atoms with Crippen LogP contribution in [-0.2, 0) is 12.8 Å². The Morgan fingerprint density at radius 3 is 2.96 bits per heavy atom. The predicted molar refractivity (Wildman–Crippen MR) is 102 cm³/mol. The number of anilines is 1. The molecule has 0 aliphatic heterocycles. The smallest absolute Gasteiger partial charge is 0.239 e. The molecule has 0 saturated carbocycles. The second-order valence-electron chi connectivity index (χ2n) is 5.97.